The van der Waals surface area contributed by atoms with Crippen molar-refractivity contribution in [3.8, 4) is 0 Å². The molecule has 0 bridgehead atoms. The minimum Gasteiger partial charge on any atom is -0.480 e. The Morgan fingerprint density at radius 3 is 2.52 bits per heavy atom. The van der Waals surface area contributed by atoms with Crippen molar-refractivity contribution in [3.05, 3.63) is 0 Å². The van der Waals surface area contributed by atoms with E-state index in [-0.39, 0.29) is 12.2 Å². The van der Waals surface area contributed by atoms with Crippen molar-refractivity contribution in [1.29, 1.82) is 0 Å². The zero-order valence-corrected chi connectivity index (χ0v) is 13.3. The van der Waals surface area contributed by atoms with Crippen molar-refractivity contribution in [2.45, 2.75) is 44.7 Å². The van der Waals surface area contributed by atoms with Gasteiger partial charge in [0, 0.05) is 12.8 Å². The Kier molecular flexibility index (Phi) is 6.15. The number of carboxylic acids is 1. The molecule has 1 saturated heterocycles. The van der Waals surface area contributed by atoms with Crippen LogP contribution in [0.3, 0.4) is 0 Å². The molecule has 8 heteroatoms. The van der Waals surface area contributed by atoms with E-state index in [0.29, 0.717) is 18.9 Å². The third-order valence-electron chi connectivity index (χ3n) is 3.97. The maximum Gasteiger partial charge on any atom is 0.326 e. The largest absolute Gasteiger partial charge is 0.480 e. The van der Waals surface area contributed by atoms with Crippen molar-refractivity contribution in [1.82, 2.24) is 4.90 Å². The van der Waals surface area contributed by atoms with Gasteiger partial charge < -0.3 is 15.7 Å². The van der Waals surface area contributed by atoms with Crippen LogP contribution in [0.25, 0.3) is 0 Å². The number of piperidine rings is 1. The Bertz CT molecular complexity index is 491. The van der Waals surface area contributed by atoms with Crippen LogP contribution in [-0.4, -0.2) is 60.9 Å². The summed E-state index contributed by atoms with van der Waals surface area (Å²) in [6, 6.07) is -1.83. The van der Waals surface area contributed by atoms with E-state index in [1.165, 1.54) is 4.90 Å². The van der Waals surface area contributed by atoms with Gasteiger partial charge in [0.1, 0.15) is 15.9 Å². The first kappa shape index (κ1) is 17.9. The molecule has 1 aliphatic rings. The van der Waals surface area contributed by atoms with Crippen LogP contribution >= 0.6 is 0 Å². The summed E-state index contributed by atoms with van der Waals surface area (Å²) in [5.41, 5.74) is 5.74. The predicted molar refractivity (Wildman–Crippen MR) is 78.5 cm³/mol. The third kappa shape index (κ3) is 5.28. The topological polar surface area (TPSA) is 118 Å². The molecule has 0 saturated carbocycles. The fourth-order valence-electron chi connectivity index (χ4n) is 2.58. The molecule has 122 valence electrons. The standard InChI is InChI=1S/C13H24N2O5S/c1-3-9-4-6-15(11(8-9)13(17)18)12(16)10(14)5-7-21(2,19)20/h9-11H,3-8,14H2,1-2H3,(H,17,18). The lowest BCUT2D eigenvalue weighted by Crippen LogP contribution is -2.55. The number of hydrogen-bond acceptors (Lipinski definition) is 5. The number of sulfone groups is 1. The van der Waals surface area contributed by atoms with Gasteiger partial charge in [-0.15, -0.1) is 0 Å². The summed E-state index contributed by atoms with van der Waals surface area (Å²) in [4.78, 5) is 24.9. The van der Waals surface area contributed by atoms with Gasteiger partial charge in [0.15, 0.2) is 0 Å². The molecule has 1 aliphatic heterocycles. The van der Waals surface area contributed by atoms with E-state index in [0.717, 1.165) is 19.1 Å². The van der Waals surface area contributed by atoms with Crippen LogP contribution in [0.1, 0.15) is 32.6 Å². The number of carbonyl (C=O) groups is 2. The van der Waals surface area contributed by atoms with Gasteiger partial charge in [0.05, 0.1) is 11.8 Å². The summed E-state index contributed by atoms with van der Waals surface area (Å²) >= 11 is 0. The number of nitrogens with zero attached hydrogens (tertiary/aromatic N) is 1. The Labute approximate surface area is 125 Å². The molecule has 0 spiro atoms. The second-order valence-corrected chi connectivity index (χ2v) is 7.97. The van der Waals surface area contributed by atoms with Crippen molar-refractivity contribution in [3.63, 3.8) is 0 Å². The van der Waals surface area contributed by atoms with Gasteiger partial charge >= 0.3 is 5.97 Å². The van der Waals surface area contributed by atoms with E-state index < -0.39 is 33.8 Å². The SMILES string of the molecule is CCC1CCN(C(=O)C(N)CCS(C)(=O)=O)C(C(=O)O)C1. The van der Waals surface area contributed by atoms with E-state index in [1.807, 2.05) is 6.92 Å². The second-order valence-electron chi connectivity index (χ2n) is 5.71. The summed E-state index contributed by atoms with van der Waals surface area (Å²) in [6.07, 6.45) is 3.15. The highest BCUT2D eigenvalue weighted by Crippen LogP contribution is 2.26. The highest BCUT2D eigenvalue weighted by molar-refractivity contribution is 7.90. The molecular formula is C13H24N2O5S. The van der Waals surface area contributed by atoms with Gasteiger partial charge in [-0.2, -0.15) is 0 Å². The van der Waals surface area contributed by atoms with Crippen LogP contribution in [0.5, 0.6) is 0 Å². The van der Waals surface area contributed by atoms with Gasteiger partial charge in [-0.25, -0.2) is 13.2 Å². The van der Waals surface area contributed by atoms with Crippen LogP contribution in [0.15, 0.2) is 0 Å². The fraction of sp³-hybridized carbons (Fsp3) is 0.846. The Morgan fingerprint density at radius 1 is 1.43 bits per heavy atom. The van der Waals surface area contributed by atoms with Gasteiger partial charge in [0.25, 0.3) is 0 Å². The van der Waals surface area contributed by atoms with Crippen molar-refractivity contribution in [2.24, 2.45) is 11.7 Å². The molecule has 0 aromatic heterocycles. The molecule has 1 heterocycles. The molecule has 0 aromatic rings. The number of amides is 1. The first-order chi connectivity index (χ1) is 9.65. The van der Waals surface area contributed by atoms with Crippen molar-refractivity contribution < 1.29 is 23.1 Å². The van der Waals surface area contributed by atoms with Crippen LogP contribution in [0.2, 0.25) is 0 Å². The summed E-state index contributed by atoms with van der Waals surface area (Å²) in [5.74, 6) is -1.39. The Hall–Kier alpha value is -1.15. The molecule has 0 aliphatic carbocycles. The molecule has 0 radical (unpaired) electrons. The van der Waals surface area contributed by atoms with E-state index in [4.69, 9.17) is 5.73 Å². The smallest absolute Gasteiger partial charge is 0.326 e. The summed E-state index contributed by atoms with van der Waals surface area (Å²) in [6.45, 7) is 2.36. The maximum atomic E-state index is 12.3. The van der Waals surface area contributed by atoms with E-state index >= 15 is 0 Å². The number of aliphatic carboxylic acids is 1. The van der Waals surface area contributed by atoms with Gasteiger partial charge in [-0.1, -0.05) is 13.3 Å². The number of hydrogen-bond donors (Lipinski definition) is 2. The van der Waals surface area contributed by atoms with Crippen molar-refractivity contribution in [2.75, 3.05) is 18.6 Å². The molecule has 0 aromatic carbocycles. The normalized spacial score (nSPS) is 24.6. The minimum atomic E-state index is -3.19. The first-order valence-electron chi connectivity index (χ1n) is 7.12. The number of carbonyl (C=O) groups excluding carboxylic acids is 1. The number of likely N-dealkylation sites (tertiary alicyclic amines) is 1. The second kappa shape index (κ2) is 7.22. The van der Waals surface area contributed by atoms with Crippen LogP contribution in [0, 0.1) is 5.92 Å². The lowest BCUT2D eigenvalue weighted by Gasteiger charge is -2.38. The lowest BCUT2D eigenvalue weighted by atomic mass is 9.88. The van der Waals surface area contributed by atoms with E-state index in [1.54, 1.807) is 0 Å². The molecule has 7 nitrogen and oxygen atoms in total. The quantitative estimate of drug-likeness (QED) is 0.703. The summed E-state index contributed by atoms with van der Waals surface area (Å²) < 4.78 is 22.2. The van der Waals surface area contributed by atoms with Crippen LogP contribution in [0.4, 0.5) is 0 Å². The Balaban J connectivity index is 2.72. The first-order valence-corrected chi connectivity index (χ1v) is 9.18. The van der Waals surface area contributed by atoms with Crippen LogP contribution in [-0.2, 0) is 19.4 Å². The number of nitrogens with two attached hydrogens (primary N) is 1. The van der Waals surface area contributed by atoms with Gasteiger partial charge in [-0.05, 0) is 25.2 Å². The predicted octanol–water partition coefficient (Wildman–Crippen LogP) is -0.150. The fourth-order valence-corrected chi connectivity index (χ4v) is 3.27. The van der Waals surface area contributed by atoms with Gasteiger partial charge in [0.2, 0.25) is 5.91 Å². The molecule has 1 amide bonds. The minimum absolute atomic E-state index is 0.0116. The number of carboxylic acid groups (broad SMARTS) is 1. The van der Waals surface area contributed by atoms with Gasteiger partial charge in [-0.3, -0.25) is 4.79 Å². The highest BCUT2D eigenvalue weighted by atomic mass is 32.2. The molecule has 3 unspecified atom stereocenters. The summed E-state index contributed by atoms with van der Waals surface area (Å²) in [7, 11) is -3.19. The summed E-state index contributed by atoms with van der Waals surface area (Å²) in [5, 5.41) is 9.28. The monoisotopic (exact) mass is 320 g/mol. The molecule has 3 atom stereocenters. The molecule has 21 heavy (non-hydrogen) atoms. The third-order valence-corrected chi connectivity index (χ3v) is 4.95. The molecular weight excluding hydrogens is 296 g/mol. The van der Waals surface area contributed by atoms with E-state index in [2.05, 4.69) is 0 Å². The molecule has 1 fully saturated rings. The Morgan fingerprint density at radius 2 is 2.05 bits per heavy atom. The van der Waals surface area contributed by atoms with E-state index in [9.17, 15) is 23.1 Å². The molecule has 1 rings (SSSR count). The lowest BCUT2D eigenvalue weighted by molar-refractivity contribution is -0.153. The zero-order valence-electron chi connectivity index (χ0n) is 12.5. The molecule has 3 N–H and O–H groups in total. The number of rotatable bonds is 6. The maximum absolute atomic E-state index is 12.3. The highest BCUT2D eigenvalue weighted by Gasteiger charge is 2.37. The average Bonchev–Trinajstić information content (AvgIpc) is 2.42. The zero-order chi connectivity index (χ0) is 16.2. The average molecular weight is 320 g/mol. The van der Waals surface area contributed by atoms with Crippen molar-refractivity contribution >= 4 is 21.7 Å². The van der Waals surface area contributed by atoms with Crippen LogP contribution < -0.4 is 5.73 Å².